The molecule has 2 aromatic rings. The number of rotatable bonds is 6. The number of carboxylic acid groups (broad SMARTS) is 1. The van der Waals surface area contributed by atoms with Crippen LogP contribution in [0.25, 0.3) is 0 Å². The SMILES string of the molecule is CC1(C)CC(=O)c2cc(C(=O)NC(CCC(=O)O)c3ccccc3)c(=O)[nH]c2C1. The Morgan fingerprint density at radius 3 is 2.52 bits per heavy atom. The van der Waals surface area contributed by atoms with Gasteiger partial charge in [-0.2, -0.15) is 0 Å². The molecule has 1 aliphatic rings. The Balaban J connectivity index is 1.89. The molecule has 3 rings (SSSR count). The lowest BCUT2D eigenvalue weighted by Crippen LogP contribution is -2.36. The molecule has 29 heavy (non-hydrogen) atoms. The van der Waals surface area contributed by atoms with Crippen molar-refractivity contribution in [2.24, 2.45) is 5.41 Å². The predicted molar refractivity (Wildman–Crippen MR) is 107 cm³/mol. The van der Waals surface area contributed by atoms with E-state index in [9.17, 15) is 19.2 Å². The first-order valence-corrected chi connectivity index (χ1v) is 9.53. The second kappa shape index (κ2) is 8.03. The molecule has 1 heterocycles. The van der Waals surface area contributed by atoms with E-state index in [2.05, 4.69) is 10.3 Å². The van der Waals surface area contributed by atoms with Crippen LogP contribution >= 0.6 is 0 Å². The van der Waals surface area contributed by atoms with Crippen molar-refractivity contribution in [3.8, 4) is 0 Å². The maximum atomic E-state index is 12.8. The summed E-state index contributed by atoms with van der Waals surface area (Å²) in [5.74, 6) is -1.71. The standard InChI is InChI=1S/C22H24N2O5/c1-22(2)11-17-14(18(25)12-22)10-15(21(29)24-17)20(28)23-16(8-9-19(26)27)13-6-4-3-5-7-13/h3-7,10,16H,8-9,11-12H2,1-2H3,(H,23,28)(H,24,29)(H,26,27). The third-order valence-electron chi connectivity index (χ3n) is 5.12. The number of hydrogen-bond donors (Lipinski definition) is 3. The summed E-state index contributed by atoms with van der Waals surface area (Å²) < 4.78 is 0. The normalized spacial score (nSPS) is 16.0. The van der Waals surface area contributed by atoms with Crippen LogP contribution in [-0.4, -0.2) is 27.8 Å². The maximum absolute atomic E-state index is 12.8. The van der Waals surface area contributed by atoms with E-state index < -0.39 is 23.5 Å². The van der Waals surface area contributed by atoms with E-state index in [4.69, 9.17) is 5.11 Å². The highest BCUT2D eigenvalue weighted by molar-refractivity contribution is 6.02. The second-order valence-electron chi connectivity index (χ2n) is 8.21. The number of carbonyl (C=O) groups is 3. The number of carboxylic acids is 1. The Morgan fingerprint density at radius 1 is 1.17 bits per heavy atom. The van der Waals surface area contributed by atoms with Crippen molar-refractivity contribution in [2.45, 2.75) is 45.6 Å². The number of amides is 1. The zero-order valence-electron chi connectivity index (χ0n) is 16.5. The smallest absolute Gasteiger partial charge is 0.303 e. The topological polar surface area (TPSA) is 116 Å². The average molecular weight is 396 g/mol. The molecule has 0 saturated heterocycles. The minimum Gasteiger partial charge on any atom is -0.481 e. The number of benzene rings is 1. The molecule has 0 radical (unpaired) electrons. The summed E-state index contributed by atoms with van der Waals surface area (Å²) >= 11 is 0. The van der Waals surface area contributed by atoms with Gasteiger partial charge in [0.05, 0.1) is 6.04 Å². The van der Waals surface area contributed by atoms with E-state index in [-0.39, 0.29) is 29.6 Å². The third kappa shape index (κ3) is 4.80. The molecule has 1 aliphatic carbocycles. The summed E-state index contributed by atoms with van der Waals surface area (Å²) in [4.78, 5) is 51.5. The van der Waals surface area contributed by atoms with Gasteiger partial charge in [-0.3, -0.25) is 19.2 Å². The molecule has 152 valence electrons. The Hall–Kier alpha value is -3.22. The summed E-state index contributed by atoms with van der Waals surface area (Å²) in [7, 11) is 0. The molecule has 0 aliphatic heterocycles. The first-order chi connectivity index (χ1) is 13.7. The monoisotopic (exact) mass is 396 g/mol. The Kier molecular flexibility index (Phi) is 5.68. The fourth-order valence-corrected chi connectivity index (χ4v) is 3.71. The number of aromatic nitrogens is 1. The molecule has 0 spiro atoms. The number of aliphatic carboxylic acids is 1. The van der Waals surface area contributed by atoms with Gasteiger partial charge >= 0.3 is 5.97 Å². The maximum Gasteiger partial charge on any atom is 0.303 e. The Bertz CT molecular complexity index is 1010. The van der Waals surface area contributed by atoms with Crippen LogP contribution in [0.5, 0.6) is 0 Å². The van der Waals surface area contributed by atoms with E-state index >= 15 is 0 Å². The largest absolute Gasteiger partial charge is 0.481 e. The van der Waals surface area contributed by atoms with Crippen LogP contribution in [0.1, 0.15) is 71.1 Å². The molecular weight excluding hydrogens is 372 g/mol. The summed E-state index contributed by atoms with van der Waals surface area (Å²) in [6.45, 7) is 3.92. The molecule has 0 fully saturated rings. The predicted octanol–water partition coefficient (Wildman–Crippen LogP) is 2.87. The van der Waals surface area contributed by atoms with Gasteiger partial charge < -0.3 is 15.4 Å². The summed E-state index contributed by atoms with van der Waals surface area (Å²) in [5, 5.41) is 11.8. The zero-order chi connectivity index (χ0) is 21.2. The van der Waals surface area contributed by atoms with Gasteiger partial charge in [-0.15, -0.1) is 0 Å². The number of Topliss-reactive ketones (excluding diaryl/α,β-unsaturated/α-hetero) is 1. The fraction of sp³-hybridized carbons (Fsp3) is 0.364. The van der Waals surface area contributed by atoms with Crippen molar-refractivity contribution in [3.63, 3.8) is 0 Å². The van der Waals surface area contributed by atoms with Crippen molar-refractivity contribution >= 4 is 17.7 Å². The van der Waals surface area contributed by atoms with E-state index in [1.807, 2.05) is 19.9 Å². The molecule has 1 amide bonds. The summed E-state index contributed by atoms with van der Waals surface area (Å²) in [6.07, 6.45) is 0.948. The summed E-state index contributed by atoms with van der Waals surface area (Å²) in [5.41, 5.74) is 0.722. The first-order valence-electron chi connectivity index (χ1n) is 9.53. The number of carbonyl (C=O) groups excluding carboxylic acids is 2. The molecule has 0 bridgehead atoms. The Labute approximate surface area is 168 Å². The highest BCUT2D eigenvalue weighted by Gasteiger charge is 2.33. The van der Waals surface area contributed by atoms with Crippen molar-refractivity contribution in [1.82, 2.24) is 10.3 Å². The van der Waals surface area contributed by atoms with Crippen molar-refractivity contribution in [3.05, 3.63) is 69.1 Å². The molecule has 1 atom stereocenters. The van der Waals surface area contributed by atoms with Crippen molar-refractivity contribution < 1.29 is 19.5 Å². The second-order valence-corrected chi connectivity index (χ2v) is 8.21. The number of hydrogen-bond acceptors (Lipinski definition) is 4. The van der Waals surface area contributed by atoms with Gasteiger partial charge in [0.1, 0.15) is 5.56 Å². The fourth-order valence-electron chi connectivity index (χ4n) is 3.71. The van der Waals surface area contributed by atoms with Crippen LogP contribution in [0, 0.1) is 5.41 Å². The molecule has 1 aromatic carbocycles. The van der Waals surface area contributed by atoms with Gasteiger partial charge in [-0.25, -0.2) is 0 Å². The zero-order valence-corrected chi connectivity index (χ0v) is 16.5. The number of H-pyrrole nitrogens is 1. The number of pyridine rings is 1. The molecule has 1 aromatic heterocycles. The minimum absolute atomic E-state index is 0.105. The number of fused-ring (bicyclic) bond motifs is 1. The number of ketones is 1. The Morgan fingerprint density at radius 2 is 1.86 bits per heavy atom. The van der Waals surface area contributed by atoms with Gasteiger partial charge in [0, 0.05) is 24.1 Å². The van der Waals surface area contributed by atoms with Crippen LogP contribution in [0.4, 0.5) is 0 Å². The van der Waals surface area contributed by atoms with E-state index in [0.29, 0.717) is 24.1 Å². The number of nitrogens with one attached hydrogen (secondary N) is 2. The minimum atomic E-state index is -0.972. The van der Waals surface area contributed by atoms with Crippen molar-refractivity contribution in [2.75, 3.05) is 0 Å². The molecule has 7 nitrogen and oxygen atoms in total. The lowest BCUT2D eigenvalue weighted by molar-refractivity contribution is -0.137. The first kappa shape index (κ1) is 20.5. The van der Waals surface area contributed by atoms with Crippen LogP contribution in [0.15, 0.2) is 41.2 Å². The highest BCUT2D eigenvalue weighted by atomic mass is 16.4. The lowest BCUT2D eigenvalue weighted by atomic mass is 9.75. The molecule has 1 unspecified atom stereocenters. The highest BCUT2D eigenvalue weighted by Crippen LogP contribution is 2.33. The summed E-state index contributed by atoms with van der Waals surface area (Å²) in [6, 6.07) is 9.78. The van der Waals surface area contributed by atoms with Gasteiger partial charge in [0.2, 0.25) is 0 Å². The number of aromatic amines is 1. The van der Waals surface area contributed by atoms with Crippen molar-refractivity contribution in [1.29, 1.82) is 0 Å². The van der Waals surface area contributed by atoms with Gasteiger partial charge in [0.25, 0.3) is 11.5 Å². The van der Waals surface area contributed by atoms with Gasteiger partial charge in [0.15, 0.2) is 5.78 Å². The van der Waals surface area contributed by atoms with E-state index in [1.165, 1.54) is 6.07 Å². The average Bonchev–Trinajstić information content (AvgIpc) is 2.64. The molecule has 3 N–H and O–H groups in total. The van der Waals surface area contributed by atoms with Crippen LogP contribution < -0.4 is 10.9 Å². The van der Waals surface area contributed by atoms with Crippen LogP contribution in [0.3, 0.4) is 0 Å². The lowest BCUT2D eigenvalue weighted by Gasteiger charge is -2.29. The molecular formula is C22H24N2O5. The quantitative estimate of drug-likeness (QED) is 0.694. The van der Waals surface area contributed by atoms with E-state index in [1.54, 1.807) is 24.3 Å². The molecule has 7 heteroatoms. The van der Waals surface area contributed by atoms with Gasteiger partial charge in [-0.05, 0) is 29.9 Å². The van der Waals surface area contributed by atoms with Crippen LogP contribution in [0.2, 0.25) is 0 Å². The molecule has 0 saturated carbocycles. The van der Waals surface area contributed by atoms with Crippen LogP contribution in [-0.2, 0) is 11.2 Å². The third-order valence-corrected chi connectivity index (χ3v) is 5.12. The van der Waals surface area contributed by atoms with Gasteiger partial charge in [-0.1, -0.05) is 44.2 Å². The van der Waals surface area contributed by atoms with E-state index in [0.717, 1.165) is 5.56 Å².